The molecule has 1 aromatic heterocycles. The van der Waals surface area contributed by atoms with E-state index in [-0.39, 0.29) is 12.4 Å². The number of nitrogens with zero attached hydrogens (tertiary/aromatic N) is 3. The fourth-order valence-electron chi connectivity index (χ4n) is 1.33. The van der Waals surface area contributed by atoms with Crippen LogP contribution < -0.4 is 0 Å². The molecule has 0 N–H and O–H groups in total. The molecule has 0 amide bonds. The van der Waals surface area contributed by atoms with Crippen LogP contribution in [0.25, 0.3) is 0 Å². The van der Waals surface area contributed by atoms with Crippen LogP contribution in [0.15, 0.2) is 6.20 Å². The fraction of sp³-hybridized carbons (Fsp3) is 0.556. The Balaban J connectivity index is 2.95. The smallest absolute Gasteiger partial charge is 0.381 e. The van der Waals surface area contributed by atoms with Crippen molar-refractivity contribution in [3.05, 3.63) is 22.1 Å². The number of aryl methyl sites for hydroxylation is 1. The average Bonchev–Trinajstić information content (AvgIpc) is 2.60. The molecule has 7 heteroatoms. The van der Waals surface area contributed by atoms with Crippen molar-refractivity contribution in [2.45, 2.75) is 26.8 Å². The molecule has 1 atom stereocenters. The number of carbonyl (C=O) groups excluding carboxylic acids is 1. The summed E-state index contributed by atoms with van der Waals surface area (Å²) in [5, 5.41) is 10.5. The molecule has 1 rings (SSSR count). The molecule has 1 aromatic rings. The number of aromatic nitrogens is 2. The third-order valence-corrected chi connectivity index (χ3v) is 2.14. The van der Waals surface area contributed by atoms with Gasteiger partial charge in [-0.15, -0.1) is 0 Å². The zero-order valence-electron chi connectivity index (χ0n) is 9.34. The van der Waals surface area contributed by atoms with Gasteiger partial charge in [0.05, 0.1) is 6.61 Å². The highest BCUT2D eigenvalue weighted by Gasteiger charge is 2.23. The van der Waals surface area contributed by atoms with Crippen LogP contribution in [-0.4, -0.2) is 27.1 Å². The standard InChI is InChI=1S/C9H13N3O4/c1-4-16-9(13)6(2)11-5-8(12(14)15)10-7(11)3/h5-6H,4H2,1-3H3/t6-/m0/s1. The molecule has 7 nitrogen and oxygen atoms in total. The minimum absolute atomic E-state index is 0.270. The first-order valence-electron chi connectivity index (χ1n) is 4.83. The van der Waals surface area contributed by atoms with Crippen molar-refractivity contribution in [3.8, 4) is 0 Å². The number of ether oxygens (including phenoxy) is 1. The first-order chi connectivity index (χ1) is 7.47. The first-order valence-corrected chi connectivity index (χ1v) is 4.83. The van der Waals surface area contributed by atoms with Gasteiger partial charge in [0.25, 0.3) is 0 Å². The van der Waals surface area contributed by atoms with Crippen molar-refractivity contribution >= 4 is 11.8 Å². The Morgan fingerprint density at radius 2 is 2.38 bits per heavy atom. The predicted octanol–water partition coefficient (Wildman–Crippen LogP) is 1.22. The second-order valence-electron chi connectivity index (χ2n) is 3.24. The van der Waals surface area contributed by atoms with Gasteiger partial charge in [-0.1, -0.05) is 0 Å². The average molecular weight is 227 g/mol. The SMILES string of the molecule is CCOC(=O)[C@H](C)n1cc([N+](=O)[O-])nc1C. The van der Waals surface area contributed by atoms with Crippen LogP contribution in [-0.2, 0) is 9.53 Å². The van der Waals surface area contributed by atoms with Gasteiger partial charge < -0.3 is 14.9 Å². The molecule has 16 heavy (non-hydrogen) atoms. The molecule has 0 radical (unpaired) electrons. The van der Waals surface area contributed by atoms with E-state index in [2.05, 4.69) is 4.98 Å². The fourth-order valence-corrected chi connectivity index (χ4v) is 1.33. The Labute approximate surface area is 92.2 Å². The van der Waals surface area contributed by atoms with Gasteiger partial charge in [-0.3, -0.25) is 4.57 Å². The third-order valence-electron chi connectivity index (χ3n) is 2.14. The van der Waals surface area contributed by atoms with Crippen molar-refractivity contribution in [1.29, 1.82) is 0 Å². The van der Waals surface area contributed by atoms with E-state index in [1.165, 1.54) is 10.8 Å². The van der Waals surface area contributed by atoms with E-state index in [4.69, 9.17) is 4.74 Å². The topological polar surface area (TPSA) is 87.3 Å². The van der Waals surface area contributed by atoms with Gasteiger partial charge in [0.2, 0.25) is 5.82 Å². The van der Waals surface area contributed by atoms with E-state index in [0.717, 1.165) is 0 Å². The van der Waals surface area contributed by atoms with Crippen LogP contribution in [0.5, 0.6) is 0 Å². The number of nitro groups is 1. The van der Waals surface area contributed by atoms with Crippen LogP contribution in [0.4, 0.5) is 5.82 Å². The highest BCUT2D eigenvalue weighted by atomic mass is 16.6. The number of carbonyl (C=O) groups is 1. The molecule has 0 aliphatic carbocycles. The van der Waals surface area contributed by atoms with Gasteiger partial charge in [0.15, 0.2) is 0 Å². The lowest BCUT2D eigenvalue weighted by Crippen LogP contribution is -2.19. The molecular formula is C9H13N3O4. The molecular weight excluding hydrogens is 214 g/mol. The van der Waals surface area contributed by atoms with Crippen molar-refractivity contribution in [2.24, 2.45) is 0 Å². The van der Waals surface area contributed by atoms with E-state index >= 15 is 0 Å². The van der Waals surface area contributed by atoms with E-state index in [0.29, 0.717) is 5.82 Å². The summed E-state index contributed by atoms with van der Waals surface area (Å²) < 4.78 is 6.25. The largest absolute Gasteiger partial charge is 0.464 e. The molecule has 88 valence electrons. The summed E-state index contributed by atoms with van der Waals surface area (Å²) in [6.07, 6.45) is 1.23. The zero-order chi connectivity index (χ0) is 12.3. The molecule has 0 aliphatic heterocycles. The highest BCUT2D eigenvalue weighted by molar-refractivity contribution is 5.73. The van der Waals surface area contributed by atoms with Gasteiger partial charge in [-0.25, -0.2) is 4.79 Å². The quantitative estimate of drug-likeness (QED) is 0.438. The lowest BCUT2D eigenvalue weighted by Gasteiger charge is -2.11. The van der Waals surface area contributed by atoms with Gasteiger partial charge >= 0.3 is 11.8 Å². The third kappa shape index (κ3) is 2.36. The van der Waals surface area contributed by atoms with Gasteiger partial charge in [0.1, 0.15) is 12.2 Å². The predicted molar refractivity (Wildman–Crippen MR) is 55.0 cm³/mol. The summed E-state index contributed by atoms with van der Waals surface area (Å²) in [5.74, 6) is -0.293. The summed E-state index contributed by atoms with van der Waals surface area (Å²) in [5.41, 5.74) is 0. The van der Waals surface area contributed by atoms with Crippen molar-refractivity contribution in [3.63, 3.8) is 0 Å². The molecule has 0 unspecified atom stereocenters. The Bertz CT molecular complexity index is 413. The Morgan fingerprint density at radius 3 is 2.81 bits per heavy atom. The summed E-state index contributed by atoms with van der Waals surface area (Å²) in [6.45, 7) is 5.19. The maximum Gasteiger partial charge on any atom is 0.381 e. The molecule has 0 fully saturated rings. The molecule has 0 saturated heterocycles. The zero-order valence-corrected chi connectivity index (χ0v) is 9.34. The number of esters is 1. The summed E-state index contributed by atoms with van der Waals surface area (Å²) in [6, 6.07) is -0.610. The van der Waals surface area contributed by atoms with Crippen LogP contribution >= 0.6 is 0 Å². The number of imidazole rings is 1. The van der Waals surface area contributed by atoms with E-state index in [1.807, 2.05) is 0 Å². The van der Waals surface area contributed by atoms with Gasteiger partial charge in [0, 0.05) is 6.92 Å². The molecule has 1 heterocycles. The van der Waals surface area contributed by atoms with Crippen LogP contribution in [0.3, 0.4) is 0 Å². The van der Waals surface area contributed by atoms with Crippen molar-refractivity contribution in [2.75, 3.05) is 6.61 Å². The van der Waals surface area contributed by atoms with Crippen LogP contribution in [0.1, 0.15) is 25.7 Å². The summed E-state index contributed by atoms with van der Waals surface area (Å²) in [7, 11) is 0. The first kappa shape index (κ1) is 12.2. The van der Waals surface area contributed by atoms with Crippen molar-refractivity contribution < 1.29 is 14.5 Å². The van der Waals surface area contributed by atoms with Crippen LogP contribution in [0.2, 0.25) is 0 Å². The second kappa shape index (κ2) is 4.73. The molecule has 0 aliphatic rings. The number of rotatable bonds is 4. The summed E-state index contributed by atoms with van der Waals surface area (Å²) >= 11 is 0. The van der Waals surface area contributed by atoms with E-state index in [1.54, 1.807) is 20.8 Å². The molecule has 0 bridgehead atoms. The highest BCUT2D eigenvalue weighted by Crippen LogP contribution is 2.17. The Morgan fingerprint density at radius 1 is 1.75 bits per heavy atom. The van der Waals surface area contributed by atoms with Crippen LogP contribution in [0, 0.1) is 17.0 Å². The summed E-state index contributed by atoms with van der Waals surface area (Å²) in [4.78, 5) is 25.1. The van der Waals surface area contributed by atoms with Gasteiger partial charge in [-0.05, 0) is 23.8 Å². The maximum absolute atomic E-state index is 11.4. The molecule has 0 spiro atoms. The number of hydrogen-bond acceptors (Lipinski definition) is 5. The monoisotopic (exact) mass is 227 g/mol. The lowest BCUT2D eigenvalue weighted by molar-refractivity contribution is -0.389. The van der Waals surface area contributed by atoms with E-state index < -0.39 is 16.9 Å². The van der Waals surface area contributed by atoms with Crippen molar-refractivity contribution in [1.82, 2.24) is 9.55 Å². The second-order valence-corrected chi connectivity index (χ2v) is 3.24. The minimum Gasteiger partial charge on any atom is -0.464 e. The Kier molecular flexibility index (Phi) is 3.60. The minimum atomic E-state index is -0.610. The normalized spacial score (nSPS) is 12.2. The maximum atomic E-state index is 11.4. The molecule has 0 aromatic carbocycles. The Hall–Kier alpha value is -1.92. The van der Waals surface area contributed by atoms with Gasteiger partial charge in [-0.2, -0.15) is 0 Å². The van der Waals surface area contributed by atoms with E-state index in [9.17, 15) is 14.9 Å². The lowest BCUT2D eigenvalue weighted by atomic mass is 10.3. The number of hydrogen-bond donors (Lipinski definition) is 0. The molecule has 0 saturated carbocycles.